The standard InChI is InChI=1S/C21H23NO3S2/c1-12-4-6-14-15-11-26-20(10-19(15)27-18(14)8-12)21(23)22-13-5-7-16(24-2)17(9-13)25-3/h5,7,9-10,12H,4,6,8,11H2,1-3H3,(H,22,23)/t12-/m0/s1. The second-order valence-electron chi connectivity index (χ2n) is 7.02. The number of benzene rings is 1. The Hall–Kier alpha value is -1.92. The third-order valence-corrected chi connectivity index (χ3v) is 7.44. The Bertz CT molecular complexity index is 916. The molecule has 0 radical (unpaired) electrons. The first kappa shape index (κ1) is 18.4. The molecule has 0 saturated carbocycles. The quantitative estimate of drug-likeness (QED) is 0.773. The number of carbonyl (C=O) groups excluding carboxylic acids is 1. The van der Waals surface area contributed by atoms with Crippen molar-refractivity contribution in [1.82, 2.24) is 0 Å². The number of hydrogen-bond donors (Lipinski definition) is 1. The molecule has 4 rings (SSSR count). The normalized spacial score (nSPS) is 18.2. The molecule has 0 spiro atoms. The number of methoxy groups -OCH3 is 2. The summed E-state index contributed by atoms with van der Waals surface area (Å²) >= 11 is 3.50. The summed E-state index contributed by atoms with van der Waals surface area (Å²) < 4.78 is 10.6. The van der Waals surface area contributed by atoms with Gasteiger partial charge in [0, 0.05) is 27.3 Å². The highest BCUT2D eigenvalue weighted by Gasteiger charge is 2.27. The second-order valence-corrected chi connectivity index (χ2v) is 9.17. The molecule has 2 heterocycles. The zero-order chi connectivity index (χ0) is 19.0. The number of fused-ring (bicyclic) bond motifs is 3. The number of nitrogens with one attached hydrogen (secondary N) is 1. The molecule has 0 fully saturated rings. The van der Waals surface area contributed by atoms with Crippen molar-refractivity contribution in [2.45, 2.75) is 31.9 Å². The van der Waals surface area contributed by atoms with Gasteiger partial charge < -0.3 is 14.8 Å². The highest BCUT2D eigenvalue weighted by Crippen LogP contribution is 2.43. The van der Waals surface area contributed by atoms with Gasteiger partial charge in [-0.15, -0.1) is 23.1 Å². The molecule has 1 aromatic heterocycles. The largest absolute Gasteiger partial charge is 0.493 e. The fourth-order valence-electron chi connectivity index (χ4n) is 3.66. The van der Waals surface area contributed by atoms with Crippen LogP contribution in [0.1, 0.15) is 34.2 Å². The molecule has 142 valence electrons. The van der Waals surface area contributed by atoms with Gasteiger partial charge in [0.25, 0.3) is 5.91 Å². The average molecular weight is 402 g/mol. The molecule has 0 unspecified atom stereocenters. The molecule has 4 nitrogen and oxygen atoms in total. The van der Waals surface area contributed by atoms with Crippen LogP contribution in [0.3, 0.4) is 0 Å². The summed E-state index contributed by atoms with van der Waals surface area (Å²) in [7, 11) is 3.18. The highest BCUT2D eigenvalue weighted by molar-refractivity contribution is 8.03. The van der Waals surface area contributed by atoms with Crippen molar-refractivity contribution < 1.29 is 14.3 Å². The Balaban J connectivity index is 1.54. The van der Waals surface area contributed by atoms with Crippen molar-refractivity contribution >= 4 is 40.8 Å². The van der Waals surface area contributed by atoms with E-state index in [2.05, 4.69) is 18.3 Å². The van der Waals surface area contributed by atoms with Crippen LogP contribution in [-0.2, 0) is 23.4 Å². The van der Waals surface area contributed by atoms with E-state index in [1.54, 1.807) is 43.7 Å². The van der Waals surface area contributed by atoms with Gasteiger partial charge in [0.2, 0.25) is 0 Å². The summed E-state index contributed by atoms with van der Waals surface area (Å²) in [5.74, 6) is 2.83. The van der Waals surface area contributed by atoms with Crippen LogP contribution in [0.25, 0.3) is 6.08 Å². The number of thiophene rings is 1. The van der Waals surface area contributed by atoms with Gasteiger partial charge in [0.15, 0.2) is 11.5 Å². The number of thioether (sulfide) groups is 1. The zero-order valence-electron chi connectivity index (χ0n) is 15.8. The van der Waals surface area contributed by atoms with Gasteiger partial charge in [-0.05, 0) is 54.5 Å². The minimum atomic E-state index is -0.0717. The maximum Gasteiger partial charge on any atom is 0.262 e. The molecule has 0 saturated heterocycles. The van der Waals surface area contributed by atoms with Crippen molar-refractivity contribution in [3.05, 3.63) is 44.0 Å². The molecule has 6 heteroatoms. The summed E-state index contributed by atoms with van der Waals surface area (Å²) in [5.41, 5.74) is 3.70. The minimum Gasteiger partial charge on any atom is -0.493 e. The van der Waals surface area contributed by atoms with Crippen LogP contribution in [0.5, 0.6) is 11.5 Å². The predicted molar refractivity (Wildman–Crippen MR) is 113 cm³/mol. The fourth-order valence-corrected chi connectivity index (χ4v) is 6.32. The minimum absolute atomic E-state index is 0.0717. The SMILES string of the molecule is COc1ccc(NC(=O)C2=Cc3sc4c(c3CS2)CC[C@H](C)C4)cc1OC. The summed E-state index contributed by atoms with van der Waals surface area (Å²) in [5, 5.41) is 2.98. The lowest BCUT2D eigenvalue weighted by molar-refractivity contribution is -0.112. The van der Waals surface area contributed by atoms with E-state index >= 15 is 0 Å². The maximum absolute atomic E-state index is 12.8. The molecule has 1 aromatic carbocycles. The van der Waals surface area contributed by atoms with Gasteiger partial charge in [0.1, 0.15) is 0 Å². The van der Waals surface area contributed by atoms with Crippen molar-refractivity contribution in [2.24, 2.45) is 5.92 Å². The molecule has 0 bridgehead atoms. The van der Waals surface area contributed by atoms with Crippen LogP contribution >= 0.6 is 23.1 Å². The lowest BCUT2D eigenvalue weighted by Crippen LogP contribution is -2.14. The molecular formula is C21H23NO3S2. The van der Waals surface area contributed by atoms with Crippen molar-refractivity contribution in [3.63, 3.8) is 0 Å². The summed E-state index contributed by atoms with van der Waals surface area (Å²) in [4.78, 5) is 16.3. The average Bonchev–Trinajstić information content (AvgIpc) is 3.04. The molecule has 1 aliphatic heterocycles. The van der Waals surface area contributed by atoms with Crippen LogP contribution in [0.2, 0.25) is 0 Å². The van der Waals surface area contributed by atoms with Crippen LogP contribution in [0, 0.1) is 5.92 Å². The van der Waals surface area contributed by atoms with Crippen LogP contribution in [0.4, 0.5) is 5.69 Å². The number of rotatable bonds is 4. The van der Waals surface area contributed by atoms with Gasteiger partial charge in [0.05, 0.1) is 19.1 Å². The van der Waals surface area contributed by atoms with Crippen LogP contribution in [0.15, 0.2) is 23.1 Å². The fraction of sp³-hybridized carbons (Fsp3) is 0.381. The van der Waals surface area contributed by atoms with Gasteiger partial charge >= 0.3 is 0 Å². The van der Waals surface area contributed by atoms with Crippen molar-refractivity contribution in [1.29, 1.82) is 0 Å². The molecule has 27 heavy (non-hydrogen) atoms. The van der Waals surface area contributed by atoms with E-state index in [0.717, 1.165) is 16.6 Å². The third-order valence-electron chi connectivity index (χ3n) is 5.15. The number of anilines is 1. The Labute approximate surface area is 168 Å². The third kappa shape index (κ3) is 3.60. The molecule has 2 aromatic rings. The molecule has 1 aliphatic carbocycles. The number of hydrogen-bond acceptors (Lipinski definition) is 5. The molecule has 1 atom stereocenters. The smallest absolute Gasteiger partial charge is 0.262 e. The molecule has 1 N–H and O–H groups in total. The van der Waals surface area contributed by atoms with Gasteiger partial charge in [-0.1, -0.05) is 6.92 Å². The highest BCUT2D eigenvalue weighted by atomic mass is 32.2. The second kappa shape index (κ2) is 7.60. The number of amides is 1. The lowest BCUT2D eigenvalue weighted by atomic mass is 9.88. The first-order valence-electron chi connectivity index (χ1n) is 9.10. The van der Waals surface area contributed by atoms with Crippen LogP contribution in [-0.4, -0.2) is 20.1 Å². The summed E-state index contributed by atoms with van der Waals surface area (Å²) in [6, 6.07) is 5.40. The Kier molecular flexibility index (Phi) is 5.19. The zero-order valence-corrected chi connectivity index (χ0v) is 17.4. The monoisotopic (exact) mass is 401 g/mol. The van der Waals surface area contributed by atoms with Crippen LogP contribution < -0.4 is 14.8 Å². The number of ether oxygens (including phenoxy) is 2. The molecule has 2 aliphatic rings. The first-order chi connectivity index (χ1) is 13.1. The van der Waals surface area contributed by atoms with Crippen molar-refractivity contribution in [2.75, 3.05) is 19.5 Å². The van der Waals surface area contributed by atoms with E-state index < -0.39 is 0 Å². The maximum atomic E-state index is 12.8. The topological polar surface area (TPSA) is 47.6 Å². The van der Waals surface area contributed by atoms with Gasteiger partial charge in [-0.25, -0.2) is 0 Å². The lowest BCUT2D eigenvalue weighted by Gasteiger charge is -2.20. The van der Waals surface area contributed by atoms with Crippen molar-refractivity contribution in [3.8, 4) is 11.5 Å². The van der Waals surface area contributed by atoms with E-state index in [1.807, 2.05) is 17.4 Å². The summed E-state index contributed by atoms with van der Waals surface area (Å²) in [6.45, 7) is 2.33. The molecular weight excluding hydrogens is 378 g/mol. The Morgan fingerprint density at radius 3 is 2.78 bits per heavy atom. The van der Waals surface area contributed by atoms with E-state index in [9.17, 15) is 4.79 Å². The summed E-state index contributed by atoms with van der Waals surface area (Å²) in [6.07, 6.45) is 5.70. The van der Waals surface area contributed by atoms with E-state index in [0.29, 0.717) is 17.2 Å². The van der Waals surface area contributed by atoms with E-state index in [-0.39, 0.29) is 5.91 Å². The van der Waals surface area contributed by atoms with E-state index in [1.165, 1.54) is 34.6 Å². The van der Waals surface area contributed by atoms with Gasteiger partial charge in [-0.2, -0.15) is 0 Å². The Morgan fingerprint density at radius 1 is 1.19 bits per heavy atom. The first-order valence-corrected chi connectivity index (χ1v) is 10.9. The van der Waals surface area contributed by atoms with E-state index in [4.69, 9.17) is 9.47 Å². The Morgan fingerprint density at radius 2 is 2.00 bits per heavy atom. The molecule has 1 amide bonds. The number of carbonyl (C=O) groups is 1. The van der Waals surface area contributed by atoms with Gasteiger partial charge in [-0.3, -0.25) is 4.79 Å². The predicted octanol–water partition coefficient (Wildman–Crippen LogP) is 5.12.